The largest absolute Gasteiger partial charge is 0.457 e. The third kappa shape index (κ3) is 2.32. The highest BCUT2D eigenvalue weighted by Gasteiger charge is 2.76. The van der Waals surface area contributed by atoms with Gasteiger partial charge in [0, 0.05) is 0 Å². The van der Waals surface area contributed by atoms with Crippen LogP contribution < -0.4 is 0 Å². The van der Waals surface area contributed by atoms with Gasteiger partial charge in [0.15, 0.2) is 0 Å². The molecule has 0 amide bonds. The first-order valence-corrected chi connectivity index (χ1v) is 8.78. The van der Waals surface area contributed by atoms with Gasteiger partial charge < -0.3 is 14.2 Å². The van der Waals surface area contributed by atoms with Gasteiger partial charge in [0.1, 0.15) is 30.0 Å². The molecule has 2 fully saturated rings. The third-order valence-corrected chi connectivity index (χ3v) is 5.59. The lowest BCUT2D eigenvalue weighted by Gasteiger charge is -2.31. The predicted molar refractivity (Wildman–Crippen MR) is 89.3 cm³/mol. The first kappa shape index (κ1) is 15.9. The number of carbonyl (C=O) groups excluding carboxylic acids is 1. The fourth-order valence-corrected chi connectivity index (χ4v) is 4.10. The van der Waals surface area contributed by atoms with Crippen molar-refractivity contribution in [2.45, 2.75) is 63.6 Å². The van der Waals surface area contributed by atoms with Gasteiger partial charge in [-0.2, -0.15) is 0 Å². The van der Waals surface area contributed by atoms with Gasteiger partial charge in [-0.15, -0.1) is 0 Å². The number of epoxide rings is 1. The van der Waals surface area contributed by atoms with Gasteiger partial charge in [-0.3, -0.25) is 0 Å². The minimum absolute atomic E-state index is 0.000718. The molecule has 0 saturated carbocycles. The van der Waals surface area contributed by atoms with Crippen molar-refractivity contribution >= 4 is 5.97 Å². The first-order valence-electron chi connectivity index (χ1n) is 8.78. The van der Waals surface area contributed by atoms with E-state index in [0.29, 0.717) is 11.5 Å². The van der Waals surface area contributed by atoms with Crippen LogP contribution in [-0.4, -0.2) is 29.4 Å². The molecular formula is C20H24O4. The molecule has 4 rings (SSSR count). The standard InChI is InChI=1S/C20H24O4/c1-4-13(2)10-20-15(11-19(3,24-20)16-17(20)23-16)18(21)22-12-14-8-6-5-7-9-14/h5-9,11,13,16-17H,4,10,12H2,1-3H3. The number of esters is 1. The van der Waals surface area contributed by atoms with Crippen LogP contribution in [0.25, 0.3) is 0 Å². The summed E-state index contributed by atoms with van der Waals surface area (Å²) < 4.78 is 17.8. The van der Waals surface area contributed by atoms with Gasteiger partial charge in [0.25, 0.3) is 0 Å². The number of hydrogen-bond donors (Lipinski definition) is 0. The molecule has 5 unspecified atom stereocenters. The number of carbonyl (C=O) groups is 1. The predicted octanol–water partition coefficient (Wildman–Crippen LogP) is 3.40. The lowest BCUT2D eigenvalue weighted by atomic mass is 9.77. The highest BCUT2D eigenvalue weighted by Crippen LogP contribution is 2.62. The van der Waals surface area contributed by atoms with Crippen LogP contribution in [0.15, 0.2) is 42.0 Å². The zero-order chi connectivity index (χ0) is 16.9. The number of benzene rings is 1. The Hall–Kier alpha value is -1.65. The molecule has 0 spiro atoms. The van der Waals surface area contributed by atoms with E-state index in [1.54, 1.807) is 0 Å². The molecule has 128 valence electrons. The van der Waals surface area contributed by atoms with Crippen molar-refractivity contribution in [1.82, 2.24) is 0 Å². The molecule has 3 heterocycles. The molecule has 24 heavy (non-hydrogen) atoms. The van der Waals surface area contributed by atoms with E-state index in [2.05, 4.69) is 13.8 Å². The quantitative estimate of drug-likeness (QED) is 0.593. The third-order valence-electron chi connectivity index (χ3n) is 5.59. The highest BCUT2D eigenvalue weighted by atomic mass is 16.7. The molecule has 5 atom stereocenters. The molecule has 0 aromatic heterocycles. The van der Waals surface area contributed by atoms with Crippen LogP contribution in [-0.2, 0) is 25.6 Å². The van der Waals surface area contributed by atoms with Gasteiger partial charge in [0.2, 0.25) is 0 Å². The summed E-state index contributed by atoms with van der Waals surface area (Å²) >= 11 is 0. The maximum atomic E-state index is 12.8. The van der Waals surface area contributed by atoms with Crippen molar-refractivity contribution in [1.29, 1.82) is 0 Å². The second kappa shape index (κ2) is 5.43. The van der Waals surface area contributed by atoms with Crippen LogP contribution in [0.5, 0.6) is 0 Å². The van der Waals surface area contributed by atoms with Crippen LogP contribution in [0.1, 0.15) is 39.2 Å². The number of rotatable bonds is 6. The molecule has 0 aliphatic carbocycles. The minimum atomic E-state index is -0.622. The van der Waals surface area contributed by atoms with E-state index < -0.39 is 11.2 Å². The smallest absolute Gasteiger partial charge is 0.337 e. The van der Waals surface area contributed by atoms with Crippen LogP contribution in [0.2, 0.25) is 0 Å². The van der Waals surface area contributed by atoms with Crippen molar-refractivity contribution in [3.8, 4) is 0 Å². The number of ether oxygens (including phenoxy) is 3. The fraction of sp³-hybridized carbons (Fsp3) is 0.550. The Morgan fingerprint density at radius 3 is 2.71 bits per heavy atom. The van der Waals surface area contributed by atoms with Crippen LogP contribution in [0, 0.1) is 5.92 Å². The Bertz CT molecular complexity index is 682. The molecule has 2 bridgehead atoms. The fourth-order valence-electron chi connectivity index (χ4n) is 4.10. The Labute approximate surface area is 142 Å². The van der Waals surface area contributed by atoms with Gasteiger partial charge in [0.05, 0.1) is 5.57 Å². The maximum absolute atomic E-state index is 12.8. The van der Waals surface area contributed by atoms with E-state index >= 15 is 0 Å². The summed E-state index contributed by atoms with van der Waals surface area (Å²) in [5.41, 5.74) is 0.528. The van der Waals surface area contributed by atoms with E-state index in [0.717, 1.165) is 18.4 Å². The average Bonchev–Trinajstić information content (AvgIpc) is 3.31. The van der Waals surface area contributed by atoms with Gasteiger partial charge in [-0.25, -0.2) is 4.79 Å². The summed E-state index contributed by atoms with van der Waals surface area (Å²) in [7, 11) is 0. The second-order valence-corrected chi connectivity index (χ2v) is 7.49. The van der Waals surface area contributed by atoms with Crippen LogP contribution >= 0.6 is 0 Å². The van der Waals surface area contributed by atoms with Gasteiger partial charge in [-0.1, -0.05) is 50.6 Å². The molecule has 4 heteroatoms. The Balaban J connectivity index is 1.54. The lowest BCUT2D eigenvalue weighted by molar-refractivity contribution is -0.146. The summed E-state index contributed by atoms with van der Waals surface area (Å²) in [6.45, 7) is 6.64. The zero-order valence-electron chi connectivity index (χ0n) is 14.5. The van der Waals surface area contributed by atoms with Gasteiger partial charge in [-0.05, 0) is 30.9 Å². The topological polar surface area (TPSA) is 48.1 Å². The van der Waals surface area contributed by atoms with Crippen molar-refractivity contribution < 1.29 is 19.0 Å². The summed E-state index contributed by atoms with van der Waals surface area (Å²) in [5.74, 6) is 0.181. The van der Waals surface area contributed by atoms with E-state index in [-0.39, 0.29) is 24.8 Å². The Kier molecular flexibility index (Phi) is 3.59. The molecule has 3 aliphatic rings. The van der Waals surface area contributed by atoms with Crippen molar-refractivity contribution in [3.05, 3.63) is 47.5 Å². The molecule has 1 aromatic rings. The Morgan fingerprint density at radius 1 is 1.29 bits per heavy atom. The molecule has 3 aliphatic heterocycles. The molecule has 1 aromatic carbocycles. The summed E-state index contributed by atoms with van der Waals surface area (Å²) in [6, 6.07) is 9.74. The highest BCUT2D eigenvalue weighted by molar-refractivity contribution is 5.93. The molecule has 2 saturated heterocycles. The summed E-state index contributed by atoms with van der Waals surface area (Å²) in [5, 5.41) is 0. The van der Waals surface area contributed by atoms with E-state index in [1.165, 1.54) is 0 Å². The SMILES string of the molecule is CCC(C)CC12OC(C)(C=C1C(=O)OCc1ccccc1)C1OC12. The van der Waals surface area contributed by atoms with Gasteiger partial charge >= 0.3 is 5.97 Å². The monoisotopic (exact) mass is 328 g/mol. The molecule has 0 radical (unpaired) electrons. The van der Waals surface area contributed by atoms with Crippen molar-refractivity contribution in [3.63, 3.8) is 0 Å². The van der Waals surface area contributed by atoms with E-state index in [4.69, 9.17) is 14.2 Å². The van der Waals surface area contributed by atoms with Crippen LogP contribution in [0.4, 0.5) is 0 Å². The number of fused-ring (bicyclic) bond motifs is 5. The lowest BCUT2D eigenvalue weighted by Crippen LogP contribution is -2.41. The van der Waals surface area contributed by atoms with E-state index in [9.17, 15) is 4.79 Å². The molecule has 0 N–H and O–H groups in total. The normalized spacial score (nSPS) is 36.9. The first-order chi connectivity index (χ1) is 11.5. The molecular weight excluding hydrogens is 304 g/mol. The number of hydrogen-bond acceptors (Lipinski definition) is 4. The zero-order valence-corrected chi connectivity index (χ0v) is 14.5. The van der Waals surface area contributed by atoms with Crippen molar-refractivity contribution in [2.75, 3.05) is 0 Å². The summed E-state index contributed by atoms with van der Waals surface area (Å²) in [6.07, 6.45) is 3.88. The summed E-state index contributed by atoms with van der Waals surface area (Å²) in [4.78, 5) is 12.8. The van der Waals surface area contributed by atoms with E-state index in [1.807, 2.05) is 43.3 Å². The Morgan fingerprint density at radius 2 is 2.04 bits per heavy atom. The molecule has 4 nitrogen and oxygen atoms in total. The second-order valence-electron chi connectivity index (χ2n) is 7.49. The van der Waals surface area contributed by atoms with Crippen molar-refractivity contribution in [2.24, 2.45) is 5.92 Å². The average molecular weight is 328 g/mol. The van der Waals surface area contributed by atoms with Crippen LogP contribution in [0.3, 0.4) is 0 Å². The minimum Gasteiger partial charge on any atom is -0.457 e. The maximum Gasteiger partial charge on any atom is 0.337 e.